The monoisotopic (exact) mass is 233 g/mol. The predicted molar refractivity (Wildman–Crippen MR) is 71.8 cm³/mol. The van der Waals surface area contributed by atoms with Crippen LogP contribution >= 0.6 is 0 Å². The van der Waals surface area contributed by atoms with E-state index in [2.05, 4.69) is 44.3 Å². The molecule has 94 valence electrons. The maximum Gasteiger partial charge on any atom is 0.120 e. The largest absolute Gasteiger partial charge is 0.491 e. The molecule has 1 atom stereocenters. The van der Waals surface area contributed by atoms with Crippen molar-refractivity contribution in [2.24, 2.45) is 0 Å². The molecule has 1 unspecified atom stereocenters. The molecule has 0 bridgehead atoms. The van der Waals surface area contributed by atoms with E-state index in [1.807, 2.05) is 0 Å². The molecule has 1 aliphatic heterocycles. The number of nitrogens with one attached hydrogen (secondary N) is 1. The molecule has 1 heterocycles. The molecule has 2 rings (SSSR count). The van der Waals surface area contributed by atoms with Gasteiger partial charge in [0.25, 0.3) is 0 Å². The zero-order valence-electron chi connectivity index (χ0n) is 11.1. The van der Waals surface area contributed by atoms with Crippen molar-refractivity contribution in [3.05, 3.63) is 29.3 Å². The maximum absolute atomic E-state index is 5.81. The minimum atomic E-state index is 0.245. The highest BCUT2D eigenvalue weighted by Gasteiger charge is 2.16. The molecule has 0 aromatic heterocycles. The number of rotatable bonds is 3. The second-order valence-corrected chi connectivity index (χ2v) is 5.29. The van der Waals surface area contributed by atoms with Crippen LogP contribution in [0.1, 0.15) is 43.7 Å². The lowest BCUT2D eigenvalue weighted by Gasteiger charge is -2.24. The summed E-state index contributed by atoms with van der Waals surface area (Å²) in [6.45, 7) is 8.56. The number of benzene rings is 1. The summed E-state index contributed by atoms with van der Waals surface area (Å²) < 4.78 is 5.81. The molecule has 1 fully saturated rings. The zero-order chi connectivity index (χ0) is 12.3. The Morgan fingerprint density at radius 3 is 2.76 bits per heavy atom. The zero-order valence-corrected chi connectivity index (χ0v) is 11.1. The minimum Gasteiger partial charge on any atom is -0.491 e. The van der Waals surface area contributed by atoms with Gasteiger partial charge in [0.05, 0.1) is 6.10 Å². The highest BCUT2D eigenvalue weighted by atomic mass is 16.5. The molecule has 0 aliphatic carbocycles. The molecule has 1 N–H and O–H groups in total. The summed E-state index contributed by atoms with van der Waals surface area (Å²) in [7, 11) is 0. The topological polar surface area (TPSA) is 21.3 Å². The number of aryl methyl sites for hydroxylation is 1. The number of hydrogen-bond donors (Lipinski definition) is 1. The van der Waals surface area contributed by atoms with Crippen molar-refractivity contribution in [1.82, 2.24) is 5.32 Å². The average Bonchev–Trinajstić information content (AvgIpc) is 2.28. The van der Waals surface area contributed by atoms with Crippen molar-refractivity contribution in [2.75, 3.05) is 13.1 Å². The van der Waals surface area contributed by atoms with Crippen molar-refractivity contribution in [2.45, 2.75) is 45.6 Å². The van der Waals surface area contributed by atoms with Crippen LogP contribution in [0.25, 0.3) is 0 Å². The third-order valence-electron chi connectivity index (χ3n) is 3.21. The Balaban J connectivity index is 2.18. The highest BCUT2D eigenvalue weighted by Crippen LogP contribution is 2.28. The second-order valence-electron chi connectivity index (χ2n) is 5.29. The van der Waals surface area contributed by atoms with Gasteiger partial charge in [-0.15, -0.1) is 0 Å². The molecule has 17 heavy (non-hydrogen) atoms. The van der Waals surface area contributed by atoms with Gasteiger partial charge in [-0.1, -0.05) is 6.07 Å². The van der Waals surface area contributed by atoms with Crippen LogP contribution in [0.5, 0.6) is 5.75 Å². The van der Waals surface area contributed by atoms with E-state index < -0.39 is 0 Å². The molecule has 0 spiro atoms. The summed E-state index contributed by atoms with van der Waals surface area (Å²) in [4.78, 5) is 0. The van der Waals surface area contributed by atoms with E-state index in [-0.39, 0.29) is 6.10 Å². The fourth-order valence-corrected chi connectivity index (χ4v) is 2.49. The molecule has 0 amide bonds. The molecule has 0 saturated carbocycles. The smallest absolute Gasteiger partial charge is 0.120 e. The van der Waals surface area contributed by atoms with Crippen LogP contribution < -0.4 is 10.1 Å². The third kappa shape index (κ3) is 3.47. The Hall–Kier alpha value is -1.02. The van der Waals surface area contributed by atoms with Gasteiger partial charge in [0.2, 0.25) is 0 Å². The first-order chi connectivity index (χ1) is 8.15. The maximum atomic E-state index is 5.81. The molecule has 2 nitrogen and oxygen atoms in total. The van der Waals surface area contributed by atoms with Gasteiger partial charge in [-0.25, -0.2) is 0 Å². The van der Waals surface area contributed by atoms with Crippen molar-refractivity contribution in [1.29, 1.82) is 0 Å². The Labute approximate surface area is 104 Å². The van der Waals surface area contributed by atoms with Gasteiger partial charge in [-0.05, 0) is 69.3 Å². The Bertz CT molecular complexity index is 367. The summed E-state index contributed by atoms with van der Waals surface area (Å²) in [5.74, 6) is 1.67. The van der Waals surface area contributed by atoms with Crippen LogP contribution in [0.3, 0.4) is 0 Å². The van der Waals surface area contributed by atoms with Gasteiger partial charge < -0.3 is 10.1 Å². The fraction of sp³-hybridized carbons (Fsp3) is 0.600. The van der Waals surface area contributed by atoms with E-state index in [0.29, 0.717) is 5.92 Å². The predicted octanol–water partition coefficient (Wildman–Crippen LogP) is 3.25. The lowest BCUT2D eigenvalue weighted by atomic mass is 9.90. The van der Waals surface area contributed by atoms with Crippen molar-refractivity contribution in [3.63, 3.8) is 0 Å². The normalized spacial score (nSPS) is 20.6. The standard InChI is InChI=1S/C15H23NO/c1-11(2)17-15-8-12(3)7-14(9-15)13-5-4-6-16-10-13/h7-9,11,13,16H,4-6,10H2,1-3H3. The van der Waals surface area contributed by atoms with Crippen molar-refractivity contribution in [3.8, 4) is 5.75 Å². The second kappa shape index (κ2) is 5.54. The average molecular weight is 233 g/mol. The summed E-state index contributed by atoms with van der Waals surface area (Å²) >= 11 is 0. The molecule has 1 saturated heterocycles. The fourth-order valence-electron chi connectivity index (χ4n) is 2.49. The first-order valence-electron chi connectivity index (χ1n) is 6.64. The first kappa shape index (κ1) is 12.4. The van der Waals surface area contributed by atoms with Gasteiger partial charge in [0.15, 0.2) is 0 Å². The summed E-state index contributed by atoms with van der Waals surface area (Å²) in [5, 5.41) is 3.47. The van der Waals surface area contributed by atoms with Crippen molar-refractivity contribution >= 4 is 0 Å². The molecular weight excluding hydrogens is 210 g/mol. The highest BCUT2D eigenvalue weighted by molar-refractivity contribution is 5.36. The molecular formula is C15H23NO. The van der Waals surface area contributed by atoms with Crippen LogP contribution in [-0.2, 0) is 0 Å². The number of hydrogen-bond acceptors (Lipinski definition) is 2. The summed E-state index contributed by atoms with van der Waals surface area (Å²) in [6.07, 6.45) is 2.81. The Morgan fingerprint density at radius 1 is 1.29 bits per heavy atom. The van der Waals surface area contributed by atoms with Gasteiger partial charge in [0.1, 0.15) is 5.75 Å². The molecule has 1 aromatic rings. The van der Waals surface area contributed by atoms with Crippen LogP contribution in [0.15, 0.2) is 18.2 Å². The van der Waals surface area contributed by atoms with E-state index >= 15 is 0 Å². The Morgan fingerprint density at radius 2 is 2.12 bits per heavy atom. The van der Waals surface area contributed by atoms with Crippen molar-refractivity contribution < 1.29 is 4.74 Å². The van der Waals surface area contributed by atoms with Gasteiger partial charge in [-0.3, -0.25) is 0 Å². The number of piperidine rings is 1. The Kier molecular flexibility index (Phi) is 4.06. The SMILES string of the molecule is Cc1cc(OC(C)C)cc(C2CCCNC2)c1. The number of ether oxygens (including phenoxy) is 1. The molecule has 0 radical (unpaired) electrons. The van der Waals surface area contributed by atoms with Crippen LogP contribution in [-0.4, -0.2) is 19.2 Å². The van der Waals surface area contributed by atoms with E-state index in [4.69, 9.17) is 4.74 Å². The van der Waals surface area contributed by atoms with E-state index in [9.17, 15) is 0 Å². The minimum absolute atomic E-state index is 0.245. The lowest BCUT2D eigenvalue weighted by molar-refractivity contribution is 0.242. The van der Waals surface area contributed by atoms with E-state index in [1.54, 1.807) is 0 Å². The van der Waals surface area contributed by atoms with Gasteiger partial charge >= 0.3 is 0 Å². The van der Waals surface area contributed by atoms with E-state index in [1.165, 1.54) is 24.0 Å². The van der Waals surface area contributed by atoms with Gasteiger partial charge in [-0.2, -0.15) is 0 Å². The van der Waals surface area contributed by atoms with Crippen LogP contribution in [0.2, 0.25) is 0 Å². The quantitative estimate of drug-likeness (QED) is 0.865. The molecule has 1 aromatic carbocycles. The van der Waals surface area contributed by atoms with Crippen LogP contribution in [0.4, 0.5) is 0 Å². The summed E-state index contributed by atoms with van der Waals surface area (Å²) in [6, 6.07) is 6.63. The lowest BCUT2D eigenvalue weighted by Crippen LogP contribution is -2.28. The van der Waals surface area contributed by atoms with E-state index in [0.717, 1.165) is 18.8 Å². The molecule has 2 heteroatoms. The summed E-state index contributed by atoms with van der Waals surface area (Å²) in [5.41, 5.74) is 2.72. The molecule has 1 aliphatic rings. The van der Waals surface area contributed by atoms with Crippen LogP contribution in [0, 0.1) is 6.92 Å². The first-order valence-corrected chi connectivity index (χ1v) is 6.64. The third-order valence-corrected chi connectivity index (χ3v) is 3.21. The van der Waals surface area contributed by atoms with Gasteiger partial charge in [0, 0.05) is 6.54 Å².